The quantitative estimate of drug-likeness (QED) is 0.761. The van der Waals surface area contributed by atoms with E-state index in [-0.39, 0.29) is 27.0 Å². The summed E-state index contributed by atoms with van der Waals surface area (Å²) in [6.07, 6.45) is 3.31. The maximum absolute atomic E-state index is 13.8. The Morgan fingerprint density at radius 2 is 2.22 bits per heavy atom. The molecule has 2 heterocycles. The number of anilines is 1. The van der Waals surface area contributed by atoms with Gasteiger partial charge in [0, 0.05) is 12.4 Å². The van der Waals surface area contributed by atoms with Gasteiger partial charge in [-0.15, -0.1) is 0 Å². The van der Waals surface area contributed by atoms with Crippen LogP contribution >= 0.6 is 0 Å². The number of sulfonamides is 1. The van der Waals surface area contributed by atoms with E-state index in [2.05, 4.69) is 14.8 Å². The van der Waals surface area contributed by atoms with E-state index >= 15 is 0 Å². The summed E-state index contributed by atoms with van der Waals surface area (Å²) in [6, 6.07) is 4.10. The molecule has 2 aromatic heterocycles. The van der Waals surface area contributed by atoms with Gasteiger partial charge >= 0.3 is 0 Å². The fourth-order valence-corrected chi connectivity index (χ4v) is 3.16. The van der Waals surface area contributed by atoms with Crippen molar-refractivity contribution in [3.63, 3.8) is 0 Å². The second-order valence-corrected chi connectivity index (χ2v) is 6.28. The van der Waals surface area contributed by atoms with Crippen molar-refractivity contribution in [3.8, 4) is 6.07 Å². The molecular formula is C13H9F2N5O2S. The first-order chi connectivity index (χ1) is 11.0. The lowest BCUT2D eigenvalue weighted by Gasteiger charge is -2.08. The molecule has 23 heavy (non-hydrogen) atoms. The summed E-state index contributed by atoms with van der Waals surface area (Å²) in [5, 5.41) is 12.5. The lowest BCUT2D eigenvalue weighted by Crippen LogP contribution is -2.12. The SMILES string of the molecule is N#Cc1c[nH]c2c(NS(=O)(=O)c3cnn(CF)c3)ccc(F)c12. The van der Waals surface area contributed by atoms with Gasteiger partial charge in [0.1, 0.15) is 16.8 Å². The molecule has 3 rings (SSSR count). The number of hydrogen-bond acceptors (Lipinski definition) is 4. The number of hydrogen-bond donors (Lipinski definition) is 2. The molecule has 0 spiro atoms. The average Bonchev–Trinajstić information content (AvgIpc) is 3.16. The minimum absolute atomic E-state index is 0.00727. The number of nitrogens with zero attached hydrogens (tertiary/aromatic N) is 3. The van der Waals surface area contributed by atoms with Gasteiger partial charge in [-0.1, -0.05) is 0 Å². The number of aromatic amines is 1. The van der Waals surface area contributed by atoms with Gasteiger partial charge in [-0.05, 0) is 12.1 Å². The standard InChI is InChI=1S/C13H9F2N5O2S/c14-7-20-6-9(5-18-20)23(21,22)19-11-2-1-10(15)12-8(3-16)4-17-13(11)12/h1-2,4-6,17,19H,7H2. The van der Waals surface area contributed by atoms with Crippen LogP contribution in [0.2, 0.25) is 0 Å². The molecule has 0 aliphatic carbocycles. The third kappa shape index (κ3) is 2.51. The molecule has 7 nitrogen and oxygen atoms in total. The Balaban J connectivity index is 2.06. The molecule has 3 aromatic rings. The van der Waals surface area contributed by atoms with Crippen LogP contribution in [-0.2, 0) is 16.8 Å². The molecule has 0 fully saturated rings. The van der Waals surface area contributed by atoms with E-state index in [0.29, 0.717) is 0 Å². The highest BCUT2D eigenvalue weighted by Gasteiger charge is 2.20. The molecule has 0 saturated heterocycles. The summed E-state index contributed by atoms with van der Waals surface area (Å²) >= 11 is 0. The van der Waals surface area contributed by atoms with Gasteiger partial charge in [-0.2, -0.15) is 10.4 Å². The fraction of sp³-hybridized carbons (Fsp3) is 0.0769. The number of H-pyrrole nitrogens is 1. The number of nitriles is 1. The Kier molecular flexibility index (Phi) is 3.49. The maximum atomic E-state index is 13.8. The number of rotatable bonds is 4. The molecule has 0 radical (unpaired) electrons. The zero-order valence-electron chi connectivity index (χ0n) is 11.4. The first-order valence-electron chi connectivity index (χ1n) is 6.27. The van der Waals surface area contributed by atoms with Crippen LogP contribution < -0.4 is 4.72 Å². The Morgan fingerprint density at radius 1 is 1.43 bits per heavy atom. The minimum atomic E-state index is -4.03. The van der Waals surface area contributed by atoms with Crippen molar-refractivity contribution in [2.24, 2.45) is 0 Å². The van der Waals surface area contributed by atoms with Crippen LogP contribution in [0.25, 0.3) is 10.9 Å². The van der Waals surface area contributed by atoms with E-state index in [1.165, 1.54) is 12.3 Å². The number of fused-ring (bicyclic) bond motifs is 1. The minimum Gasteiger partial charge on any atom is -0.358 e. The first kappa shape index (κ1) is 15.0. The van der Waals surface area contributed by atoms with E-state index in [0.717, 1.165) is 23.1 Å². The van der Waals surface area contributed by atoms with Gasteiger partial charge in [0.25, 0.3) is 10.0 Å². The second-order valence-electron chi connectivity index (χ2n) is 4.60. The number of halogens is 2. The third-order valence-electron chi connectivity index (χ3n) is 3.19. The highest BCUT2D eigenvalue weighted by molar-refractivity contribution is 7.92. The smallest absolute Gasteiger partial charge is 0.265 e. The molecule has 2 N–H and O–H groups in total. The lowest BCUT2D eigenvalue weighted by molar-refractivity contribution is 0.349. The lowest BCUT2D eigenvalue weighted by atomic mass is 10.1. The molecule has 118 valence electrons. The molecule has 1 aromatic carbocycles. The highest BCUT2D eigenvalue weighted by Crippen LogP contribution is 2.29. The molecule has 10 heteroatoms. The van der Waals surface area contributed by atoms with Gasteiger partial charge in [0.05, 0.1) is 28.4 Å². The molecule has 0 bridgehead atoms. The summed E-state index contributed by atoms with van der Waals surface area (Å²) in [4.78, 5) is 2.43. The van der Waals surface area contributed by atoms with Gasteiger partial charge in [0.15, 0.2) is 6.80 Å². The molecule has 0 unspecified atom stereocenters. The van der Waals surface area contributed by atoms with Crippen LogP contribution in [-0.4, -0.2) is 23.2 Å². The Bertz CT molecular complexity index is 1030. The van der Waals surface area contributed by atoms with Gasteiger partial charge in [0.2, 0.25) is 0 Å². The van der Waals surface area contributed by atoms with Gasteiger partial charge in [-0.3, -0.25) is 4.72 Å². The monoisotopic (exact) mass is 337 g/mol. The third-order valence-corrected chi connectivity index (χ3v) is 4.51. The number of alkyl halides is 1. The van der Waals surface area contributed by atoms with Crippen molar-refractivity contribution >= 4 is 26.6 Å². The van der Waals surface area contributed by atoms with E-state index in [1.54, 1.807) is 0 Å². The normalized spacial score (nSPS) is 11.5. The van der Waals surface area contributed by atoms with E-state index in [9.17, 15) is 17.2 Å². The number of benzene rings is 1. The largest absolute Gasteiger partial charge is 0.358 e. The summed E-state index contributed by atoms with van der Waals surface area (Å²) < 4.78 is 53.9. The molecule has 0 aliphatic rings. The predicted molar refractivity (Wildman–Crippen MR) is 77.1 cm³/mol. The molecular weight excluding hydrogens is 328 g/mol. The molecule has 0 saturated carbocycles. The van der Waals surface area contributed by atoms with Crippen molar-refractivity contribution < 1.29 is 17.2 Å². The second kappa shape index (κ2) is 5.36. The van der Waals surface area contributed by atoms with Crippen LogP contribution in [0, 0.1) is 17.1 Å². The fourth-order valence-electron chi connectivity index (χ4n) is 2.13. The Hall–Kier alpha value is -2.93. The van der Waals surface area contributed by atoms with Crippen LogP contribution in [0.4, 0.5) is 14.5 Å². The van der Waals surface area contributed by atoms with Crippen molar-refractivity contribution in [3.05, 3.63) is 42.1 Å². The summed E-state index contributed by atoms with van der Waals surface area (Å²) in [6.45, 7) is -0.960. The van der Waals surface area contributed by atoms with Crippen LogP contribution in [0.5, 0.6) is 0 Å². The molecule has 0 atom stereocenters. The van der Waals surface area contributed by atoms with Gasteiger partial charge < -0.3 is 4.98 Å². The average molecular weight is 337 g/mol. The van der Waals surface area contributed by atoms with Crippen LogP contribution in [0.15, 0.2) is 35.6 Å². The maximum Gasteiger partial charge on any atom is 0.265 e. The topological polar surface area (TPSA) is 104 Å². The highest BCUT2D eigenvalue weighted by atomic mass is 32.2. The van der Waals surface area contributed by atoms with Crippen LogP contribution in [0.1, 0.15) is 5.56 Å². The first-order valence-corrected chi connectivity index (χ1v) is 7.75. The molecule has 0 aliphatic heterocycles. The zero-order valence-corrected chi connectivity index (χ0v) is 12.2. The van der Waals surface area contributed by atoms with Gasteiger partial charge in [-0.25, -0.2) is 21.9 Å². The molecule has 0 amide bonds. The van der Waals surface area contributed by atoms with Crippen molar-refractivity contribution in [1.82, 2.24) is 14.8 Å². The summed E-state index contributed by atoms with van der Waals surface area (Å²) in [5.74, 6) is -0.647. The number of nitrogens with one attached hydrogen (secondary N) is 2. The van der Waals surface area contributed by atoms with E-state index < -0.39 is 22.6 Å². The number of aromatic nitrogens is 3. The Labute approximate surface area is 129 Å². The van der Waals surface area contributed by atoms with Crippen molar-refractivity contribution in [2.75, 3.05) is 4.72 Å². The zero-order chi connectivity index (χ0) is 16.6. The Morgan fingerprint density at radius 3 is 2.87 bits per heavy atom. The van der Waals surface area contributed by atoms with Crippen molar-refractivity contribution in [2.45, 2.75) is 11.7 Å². The predicted octanol–water partition coefficient (Wildman–Crippen LogP) is 2.10. The summed E-state index contributed by atoms with van der Waals surface area (Å²) in [5.41, 5.74) is 0.266. The summed E-state index contributed by atoms with van der Waals surface area (Å²) in [7, 11) is -4.03. The van der Waals surface area contributed by atoms with E-state index in [4.69, 9.17) is 5.26 Å². The van der Waals surface area contributed by atoms with E-state index in [1.807, 2.05) is 6.07 Å². The van der Waals surface area contributed by atoms with Crippen molar-refractivity contribution in [1.29, 1.82) is 5.26 Å². The van der Waals surface area contributed by atoms with Crippen LogP contribution in [0.3, 0.4) is 0 Å².